The van der Waals surface area contributed by atoms with E-state index in [9.17, 15) is 48.6 Å². The fraction of sp³-hybridized carbons (Fsp3) is 0.377. The molecule has 0 bridgehead atoms. The van der Waals surface area contributed by atoms with E-state index in [0.717, 1.165) is 10.9 Å². The van der Waals surface area contributed by atoms with Gasteiger partial charge >= 0.3 is 5.97 Å². The number of thiol groups is 2. The number of nitrogens with zero attached hydrogens (tertiary/aromatic N) is 1. The Morgan fingerprint density at radius 1 is 0.568 bits per heavy atom. The summed E-state index contributed by atoms with van der Waals surface area (Å²) in [5.74, 6) is -9.60. The lowest BCUT2D eigenvalue weighted by Crippen LogP contribution is -2.62. The summed E-state index contributed by atoms with van der Waals surface area (Å²) in [7, 11) is 0. The molecule has 0 unspecified atom stereocenters. The summed E-state index contributed by atoms with van der Waals surface area (Å²) >= 11 is 8.13. The van der Waals surface area contributed by atoms with Crippen LogP contribution in [-0.2, 0) is 73.6 Å². The molecule has 25 nitrogen and oxygen atoms in total. The Kier molecular flexibility index (Phi) is 26.4. The minimum atomic E-state index is -1.81. The second-order valence-electron chi connectivity index (χ2n) is 21.2. The first-order valence-electron chi connectivity index (χ1n) is 28.6. The third-order valence-corrected chi connectivity index (χ3v) is 15.3. The molecule has 17 N–H and O–H groups in total. The second kappa shape index (κ2) is 34.0. The summed E-state index contributed by atoms with van der Waals surface area (Å²) in [6.07, 6.45) is 1.48. The minimum Gasteiger partial charge on any atom is -0.480 e. The van der Waals surface area contributed by atoms with Crippen molar-refractivity contribution in [3.8, 4) is 0 Å². The number of nitrogens with two attached hydrogens (primary N) is 3. The number of carbonyl (C=O) groups excluding carboxylic acids is 9. The summed E-state index contributed by atoms with van der Waals surface area (Å²) in [6.45, 7) is 0.438. The standard InChI is InChI=1S/C61H77N13O12S2/c1-35(75)53(59(83)72-49(27-37-16-6-3-7-17-37)60(84)74(32-51(64)76)50(34-88)61(85)86)73-55(79)45(22-12-13-24-62)69-57(81)47(28-38-30-66-43-20-10-8-18-40(38)43)71-58(82)48(29-39-31-67-44-21-11-9-19-41(39)44)70-56(80)46(26-36-14-4-2-5-15-36)68-52(77)23-25-65-54(78)42(63)33-87/h2-11,14-21,30-31,35,42,45-50,53,66-67,75,87-88H,12-13,22-29,32-34,62-63H2,1H3,(H2,64,76)(H,65,78)(H,68,77)(H,69,81)(H,70,80)(H,71,82)(H,72,83)(H,73,79)(H,85,86)/t35-,42+,45+,46+,47-,48+,49+,50-,53+/m1/s1. The molecule has 0 radical (unpaired) electrons. The highest BCUT2D eigenvalue weighted by Crippen LogP contribution is 2.22. The Labute approximate surface area is 519 Å². The molecule has 6 rings (SSSR count). The summed E-state index contributed by atoms with van der Waals surface area (Å²) in [4.78, 5) is 146. The van der Waals surface area contributed by atoms with Gasteiger partial charge in [0.2, 0.25) is 53.2 Å². The van der Waals surface area contributed by atoms with Gasteiger partial charge in [-0.15, -0.1) is 0 Å². The zero-order valence-corrected chi connectivity index (χ0v) is 50.3. The zero-order chi connectivity index (χ0) is 63.9. The molecule has 0 aliphatic rings. The van der Waals surface area contributed by atoms with Gasteiger partial charge in [-0.2, -0.15) is 25.3 Å². The SMILES string of the molecule is C[C@@H](O)[C@H](NC(=O)[C@H](CCCCN)NC(=O)[C@@H](Cc1c[nH]c2ccccc12)NC(=O)[C@H](Cc1c[nH]c2ccccc12)NC(=O)[C@H](Cc1ccccc1)NC(=O)CCNC(=O)[C@@H](N)CS)C(=O)N[C@@H](Cc1ccccc1)C(=O)N(CC(N)=O)[C@H](CS)C(=O)O. The molecule has 88 heavy (non-hydrogen) atoms. The quantitative estimate of drug-likeness (QED) is 0.0181. The van der Waals surface area contributed by atoms with Crippen molar-refractivity contribution in [1.82, 2.24) is 52.1 Å². The molecule has 470 valence electrons. The first-order chi connectivity index (χ1) is 42.2. The maximum atomic E-state index is 15.2. The summed E-state index contributed by atoms with van der Waals surface area (Å²) in [5, 5.41) is 41.4. The first-order valence-corrected chi connectivity index (χ1v) is 29.9. The van der Waals surface area contributed by atoms with E-state index in [1.165, 1.54) is 6.92 Å². The number of carboxylic acid groups (broad SMARTS) is 1. The number of amides is 9. The average Bonchev–Trinajstić information content (AvgIpc) is 3.70. The Balaban J connectivity index is 1.31. The number of aliphatic hydroxyl groups is 1. The molecule has 0 aliphatic heterocycles. The fourth-order valence-corrected chi connectivity index (χ4v) is 10.4. The number of unbranched alkanes of at least 4 members (excludes halogenated alkanes) is 1. The molecule has 0 fully saturated rings. The Morgan fingerprint density at radius 2 is 1.03 bits per heavy atom. The Morgan fingerprint density at radius 3 is 1.51 bits per heavy atom. The molecule has 27 heteroatoms. The van der Waals surface area contributed by atoms with E-state index < -0.39 is 126 Å². The lowest BCUT2D eigenvalue weighted by Gasteiger charge is -2.32. The highest BCUT2D eigenvalue weighted by atomic mass is 32.1. The number of primary amides is 1. The van der Waals surface area contributed by atoms with Crippen molar-refractivity contribution in [2.45, 2.75) is 113 Å². The van der Waals surface area contributed by atoms with Gasteiger partial charge in [0, 0.05) is 84.4 Å². The van der Waals surface area contributed by atoms with Crippen LogP contribution in [0.1, 0.15) is 54.9 Å². The maximum Gasteiger partial charge on any atom is 0.327 e. The number of rotatable bonds is 35. The van der Waals surface area contributed by atoms with Crippen LogP contribution >= 0.6 is 25.3 Å². The Bertz CT molecular complexity index is 3370. The van der Waals surface area contributed by atoms with Crippen LogP contribution in [0, 0.1) is 0 Å². The number of aliphatic hydroxyl groups excluding tert-OH is 1. The zero-order valence-electron chi connectivity index (χ0n) is 48.5. The van der Waals surface area contributed by atoms with Crippen molar-refractivity contribution >= 4 is 106 Å². The van der Waals surface area contributed by atoms with Crippen LogP contribution in [0.15, 0.2) is 122 Å². The van der Waals surface area contributed by atoms with E-state index in [1.807, 2.05) is 36.4 Å². The number of nitrogens with one attached hydrogen (secondary N) is 9. The molecule has 6 aromatic rings. The number of benzene rings is 4. The first kappa shape index (κ1) is 68.4. The van der Waals surface area contributed by atoms with Gasteiger partial charge in [0.1, 0.15) is 48.8 Å². The normalized spacial score (nSPS) is 14.3. The molecule has 9 amide bonds. The molecular weight excluding hydrogens is 1170 g/mol. The van der Waals surface area contributed by atoms with E-state index in [1.54, 1.807) is 85.2 Å². The van der Waals surface area contributed by atoms with Crippen LogP contribution < -0.4 is 54.4 Å². The van der Waals surface area contributed by atoms with Gasteiger partial charge in [-0.05, 0) is 67.1 Å². The predicted molar refractivity (Wildman–Crippen MR) is 336 cm³/mol. The number of aliphatic carboxylic acids is 1. The van der Waals surface area contributed by atoms with Crippen molar-refractivity contribution in [3.63, 3.8) is 0 Å². The number of hydrogen-bond acceptors (Lipinski definition) is 15. The van der Waals surface area contributed by atoms with Gasteiger partial charge in [0.25, 0.3) is 0 Å². The number of aromatic amines is 2. The van der Waals surface area contributed by atoms with Gasteiger partial charge in [-0.3, -0.25) is 43.2 Å². The van der Waals surface area contributed by atoms with Crippen molar-refractivity contribution < 1.29 is 58.2 Å². The number of para-hydroxylation sites is 2. The van der Waals surface area contributed by atoms with Gasteiger partial charge in [-0.1, -0.05) is 97.1 Å². The molecule has 4 aromatic carbocycles. The van der Waals surface area contributed by atoms with Gasteiger partial charge in [0.05, 0.1) is 12.1 Å². The third-order valence-electron chi connectivity index (χ3n) is 14.6. The fourth-order valence-electron chi connectivity index (χ4n) is 9.87. The summed E-state index contributed by atoms with van der Waals surface area (Å²) in [6, 6.07) is 20.0. The van der Waals surface area contributed by atoms with E-state index >= 15 is 9.59 Å². The average molecular weight is 1250 g/mol. The molecule has 0 saturated heterocycles. The van der Waals surface area contributed by atoms with Crippen LogP contribution in [0.25, 0.3) is 21.8 Å². The van der Waals surface area contributed by atoms with Crippen LogP contribution in [-0.4, -0.2) is 170 Å². The minimum absolute atomic E-state index is 0.0148. The van der Waals surface area contributed by atoms with Crippen molar-refractivity contribution in [1.29, 1.82) is 0 Å². The molecule has 0 spiro atoms. The molecule has 0 aliphatic carbocycles. The molecule has 0 saturated carbocycles. The number of hydrogen-bond donors (Lipinski definition) is 16. The molecule has 9 atom stereocenters. The maximum absolute atomic E-state index is 15.2. The summed E-state index contributed by atoms with van der Waals surface area (Å²) < 4.78 is 0. The highest BCUT2D eigenvalue weighted by Gasteiger charge is 2.39. The number of aromatic nitrogens is 2. The smallest absolute Gasteiger partial charge is 0.327 e. The molecule has 2 heterocycles. The van der Waals surface area contributed by atoms with Gasteiger partial charge in [-0.25, -0.2) is 4.79 Å². The number of H-pyrrole nitrogens is 2. The predicted octanol–water partition coefficient (Wildman–Crippen LogP) is -0.201. The summed E-state index contributed by atoms with van der Waals surface area (Å²) in [5.41, 5.74) is 20.9. The number of carboxylic acids is 1. The Hall–Kier alpha value is -8.76. The second-order valence-corrected chi connectivity index (χ2v) is 21.9. The molecular formula is C61H77N13O12S2. The molecule has 2 aromatic heterocycles. The van der Waals surface area contributed by atoms with E-state index in [0.29, 0.717) is 44.5 Å². The lowest BCUT2D eigenvalue weighted by atomic mass is 10.00. The highest BCUT2D eigenvalue weighted by molar-refractivity contribution is 7.80. The van der Waals surface area contributed by atoms with Crippen LogP contribution in [0.3, 0.4) is 0 Å². The van der Waals surface area contributed by atoms with Crippen LogP contribution in [0.2, 0.25) is 0 Å². The van der Waals surface area contributed by atoms with Crippen molar-refractivity contribution in [2.75, 3.05) is 31.1 Å². The van der Waals surface area contributed by atoms with Crippen molar-refractivity contribution in [3.05, 3.63) is 144 Å². The van der Waals surface area contributed by atoms with E-state index in [2.05, 4.69) is 72.4 Å². The van der Waals surface area contributed by atoms with Gasteiger partial charge in [0.15, 0.2) is 0 Å². The van der Waals surface area contributed by atoms with E-state index in [-0.39, 0.29) is 63.8 Å². The topological polar surface area (TPSA) is 408 Å². The van der Waals surface area contributed by atoms with Crippen LogP contribution in [0.5, 0.6) is 0 Å². The monoisotopic (exact) mass is 1250 g/mol. The number of fused-ring (bicyclic) bond motifs is 2. The number of carbonyl (C=O) groups is 10. The largest absolute Gasteiger partial charge is 0.480 e. The van der Waals surface area contributed by atoms with Gasteiger partial charge < -0.3 is 79.5 Å². The van der Waals surface area contributed by atoms with E-state index in [4.69, 9.17) is 17.2 Å². The lowest BCUT2D eigenvalue weighted by molar-refractivity contribution is -0.151. The third kappa shape index (κ3) is 19.9. The van der Waals surface area contributed by atoms with Crippen molar-refractivity contribution in [2.24, 2.45) is 17.2 Å². The van der Waals surface area contributed by atoms with Crippen LogP contribution in [0.4, 0.5) is 0 Å².